The first-order valence-electron chi connectivity index (χ1n) is 8.78. The molecular weight excluding hydrogens is 248 g/mol. The topological polar surface area (TPSA) is 32.3 Å². The van der Waals surface area contributed by atoms with Crippen LogP contribution in [-0.4, -0.2) is 36.0 Å². The number of hydrogen-bond acceptors (Lipinski definition) is 2. The number of nitrogens with zero attached hydrogens (tertiary/aromatic N) is 1. The third-order valence-electron chi connectivity index (χ3n) is 5.88. The fraction of sp³-hybridized carbons (Fsp3) is 0.941. The predicted octanol–water partition coefficient (Wildman–Crippen LogP) is 3.09. The van der Waals surface area contributed by atoms with Crippen LogP contribution in [0.5, 0.6) is 0 Å². The largest absolute Gasteiger partial charge is 0.341 e. The van der Waals surface area contributed by atoms with Crippen LogP contribution < -0.4 is 5.32 Å². The molecule has 0 bridgehead atoms. The lowest BCUT2D eigenvalue weighted by Gasteiger charge is -2.30. The first kappa shape index (κ1) is 14.4. The lowest BCUT2D eigenvalue weighted by Crippen LogP contribution is -2.47. The van der Waals surface area contributed by atoms with E-state index in [2.05, 4.69) is 10.2 Å². The first-order chi connectivity index (χ1) is 9.75. The Labute approximate surface area is 123 Å². The summed E-state index contributed by atoms with van der Waals surface area (Å²) in [5, 5.41) is 3.64. The van der Waals surface area contributed by atoms with Crippen molar-refractivity contribution in [2.45, 2.75) is 88.8 Å². The van der Waals surface area contributed by atoms with Gasteiger partial charge in [0.15, 0.2) is 0 Å². The summed E-state index contributed by atoms with van der Waals surface area (Å²) in [4.78, 5) is 14.8. The molecule has 1 saturated heterocycles. The van der Waals surface area contributed by atoms with Gasteiger partial charge in [-0.3, -0.25) is 4.79 Å². The molecule has 1 N–H and O–H groups in total. The Bertz CT molecular complexity index is 318. The maximum atomic E-state index is 12.8. The Morgan fingerprint density at radius 3 is 2.30 bits per heavy atom. The number of likely N-dealkylation sites (N-methyl/N-ethyl adjacent to an activating group) is 1. The van der Waals surface area contributed by atoms with Gasteiger partial charge in [0.1, 0.15) is 0 Å². The Kier molecular flexibility index (Phi) is 4.65. The zero-order valence-corrected chi connectivity index (χ0v) is 12.9. The molecule has 0 spiro atoms. The van der Waals surface area contributed by atoms with Gasteiger partial charge in [-0.15, -0.1) is 0 Å². The molecule has 1 aliphatic heterocycles. The molecule has 2 aliphatic carbocycles. The molecular formula is C17H30N2O. The van der Waals surface area contributed by atoms with Gasteiger partial charge >= 0.3 is 0 Å². The average Bonchev–Trinajstić information content (AvgIpc) is 2.72. The second-order valence-corrected chi connectivity index (χ2v) is 7.20. The molecule has 3 aliphatic rings. The van der Waals surface area contributed by atoms with Gasteiger partial charge in [0.25, 0.3) is 0 Å². The third-order valence-corrected chi connectivity index (χ3v) is 5.88. The first-order valence-corrected chi connectivity index (χ1v) is 8.78. The molecule has 0 aromatic heterocycles. The zero-order valence-electron chi connectivity index (χ0n) is 12.9. The van der Waals surface area contributed by atoms with E-state index in [9.17, 15) is 4.79 Å². The van der Waals surface area contributed by atoms with Crippen molar-refractivity contribution in [3.63, 3.8) is 0 Å². The van der Waals surface area contributed by atoms with Crippen LogP contribution in [0, 0.1) is 5.92 Å². The number of amides is 1. The number of carbonyl (C=O) groups excluding carboxylic acids is 1. The molecule has 114 valence electrons. The second-order valence-electron chi connectivity index (χ2n) is 7.20. The van der Waals surface area contributed by atoms with Crippen molar-refractivity contribution in [1.29, 1.82) is 0 Å². The number of nitrogens with one attached hydrogen (secondary N) is 1. The molecule has 3 heteroatoms. The highest BCUT2D eigenvalue weighted by Gasteiger charge is 2.40. The number of rotatable bonds is 2. The van der Waals surface area contributed by atoms with Gasteiger partial charge < -0.3 is 10.2 Å². The molecule has 0 aromatic carbocycles. The van der Waals surface area contributed by atoms with Crippen molar-refractivity contribution >= 4 is 5.91 Å². The van der Waals surface area contributed by atoms with Gasteiger partial charge in [-0.2, -0.15) is 0 Å². The lowest BCUT2D eigenvalue weighted by atomic mass is 9.85. The summed E-state index contributed by atoms with van der Waals surface area (Å²) in [5.41, 5.74) is 0. The summed E-state index contributed by atoms with van der Waals surface area (Å²) in [5.74, 6) is 1.13. The SMILES string of the molecule is CN(C(=O)C1CC2CCCCC2N1)C1CCCCCC1. The Balaban J connectivity index is 1.57. The van der Waals surface area contributed by atoms with Crippen LogP contribution in [0.25, 0.3) is 0 Å². The summed E-state index contributed by atoms with van der Waals surface area (Å²) in [6.45, 7) is 0. The minimum Gasteiger partial charge on any atom is -0.341 e. The van der Waals surface area contributed by atoms with Crippen LogP contribution in [0.2, 0.25) is 0 Å². The number of fused-ring (bicyclic) bond motifs is 1. The van der Waals surface area contributed by atoms with Gasteiger partial charge in [-0.1, -0.05) is 38.5 Å². The predicted molar refractivity (Wildman–Crippen MR) is 81.5 cm³/mol. The van der Waals surface area contributed by atoms with Crippen molar-refractivity contribution in [3.05, 3.63) is 0 Å². The summed E-state index contributed by atoms with van der Waals surface area (Å²) >= 11 is 0. The van der Waals surface area contributed by atoms with Gasteiger partial charge in [0.05, 0.1) is 6.04 Å². The van der Waals surface area contributed by atoms with E-state index in [-0.39, 0.29) is 6.04 Å². The molecule has 3 fully saturated rings. The highest BCUT2D eigenvalue weighted by Crippen LogP contribution is 2.34. The number of hydrogen-bond donors (Lipinski definition) is 1. The van der Waals surface area contributed by atoms with Crippen molar-refractivity contribution < 1.29 is 4.79 Å². The van der Waals surface area contributed by atoms with E-state index in [4.69, 9.17) is 0 Å². The summed E-state index contributed by atoms with van der Waals surface area (Å²) in [6, 6.07) is 1.23. The highest BCUT2D eigenvalue weighted by molar-refractivity contribution is 5.82. The van der Waals surface area contributed by atoms with E-state index in [0.717, 1.165) is 12.3 Å². The second kappa shape index (κ2) is 6.46. The summed E-state index contributed by atoms with van der Waals surface area (Å²) in [6.07, 6.45) is 14.1. The zero-order chi connectivity index (χ0) is 13.9. The molecule has 3 nitrogen and oxygen atoms in total. The van der Waals surface area contributed by atoms with Crippen molar-refractivity contribution in [2.75, 3.05) is 7.05 Å². The van der Waals surface area contributed by atoms with Crippen LogP contribution in [0.4, 0.5) is 0 Å². The van der Waals surface area contributed by atoms with Gasteiger partial charge in [0, 0.05) is 19.1 Å². The van der Waals surface area contributed by atoms with Crippen LogP contribution >= 0.6 is 0 Å². The normalized spacial score (nSPS) is 35.4. The van der Waals surface area contributed by atoms with E-state index >= 15 is 0 Å². The third kappa shape index (κ3) is 3.03. The standard InChI is InChI=1S/C17H30N2O/c1-19(14-9-4-2-3-5-10-14)17(20)16-12-13-8-6-7-11-15(13)18-16/h13-16,18H,2-12H2,1H3. The van der Waals surface area contributed by atoms with E-state index in [0.29, 0.717) is 18.0 Å². The van der Waals surface area contributed by atoms with Gasteiger partial charge in [-0.25, -0.2) is 0 Å². The van der Waals surface area contributed by atoms with Crippen LogP contribution in [0.3, 0.4) is 0 Å². The van der Waals surface area contributed by atoms with E-state index in [1.807, 2.05) is 7.05 Å². The summed E-state index contributed by atoms with van der Waals surface area (Å²) in [7, 11) is 2.04. The quantitative estimate of drug-likeness (QED) is 0.787. The van der Waals surface area contributed by atoms with E-state index in [1.54, 1.807) is 0 Å². The molecule has 2 saturated carbocycles. The Morgan fingerprint density at radius 1 is 0.950 bits per heavy atom. The van der Waals surface area contributed by atoms with Gasteiger partial charge in [0.2, 0.25) is 5.91 Å². The molecule has 3 unspecified atom stereocenters. The van der Waals surface area contributed by atoms with Crippen LogP contribution in [-0.2, 0) is 4.79 Å². The minimum atomic E-state index is 0.108. The van der Waals surface area contributed by atoms with Crippen LogP contribution in [0.15, 0.2) is 0 Å². The number of carbonyl (C=O) groups is 1. The maximum absolute atomic E-state index is 12.8. The van der Waals surface area contributed by atoms with Crippen molar-refractivity contribution in [1.82, 2.24) is 10.2 Å². The highest BCUT2D eigenvalue weighted by atomic mass is 16.2. The fourth-order valence-corrected chi connectivity index (χ4v) is 4.58. The molecule has 20 heavy (non-hydrogen) atoms. The molecule has 0 radical (unpaired) electrons. The van der Waals surface area contributed by atoms with E-state index in [1.165, 1.54) is 64.2 Å². The molecule has 1 heterocycles. The van der Waals surface area contributed by atoms with E-state index < -0.39 is 0 Å². The fourth-order valence-electron chi connectivity index (χ4n) is 4.58. The Hall–Kier alpha value is -0.570. The van der Waals surface area contributed by atoms with Gasteiger partial charge in [-0.05, 0) is 38.0 Å². The molecule has 3 rings (SSSR count). The average molecular weight is 278 g/mol. The lowest BCUT2D eigenvalue weighted by molar-refractivity contribution is -0.134. The molecule has 3 atom stereocenters. The maximum Gasteiger partial charge on any atom is 0.239 e. The smallest absolute Gasteiger partial charge is 0.239 e. The van der Waals surface area contributed by atoms with Crippen molar-refractivity contribution in [2.24, 2.45) is 5.92 Å². The van der Waals surface area contributed by atoms with Crippen molar-refractivity contribution in [3.8, 4) is 0 Å². The molecule has 0 aromatic rings. The summed E-state index contributed by atoms with van der Waals surface area (Å²) < 4.78 is 0. The monoisotopic (exact) mass is 278 g/mol. The Morgan fingerprint density at radius 2 is 1.60 bits per heavy atom. The van der Waals surface area contributed by atoms with Crippen LogP contribution in [0.1, 0.15) is 70.6 Å². The minimum absolute atomic E-state index is 0.108. The molecule has 1 amide bonds.